The van der Waals surface area contributed by atoms with Gasteiger partial charge in [-0.1, -0.05) is 51.1 Å². The highest BCUT2D eigenvalue weighted by molar-refractivity contribution is 7.99. The number of thioether (sulfide) groups is 1. The molecule has 2 unspecified atom stereocenters. The van der Waals surface area contributed by atoms with E-state index in [1.165, 1.54) is 23.5 Å². The minimum absolute atomic E-state index is 0.497. The van der Waals surface area contributed by atoms with Gasteiger partial charge >= 0.3 is 0 Å². The summed E-state index contributed by atoms with van der Waals surface area (Å²) >= 11 is 2.09. The first kappa shape index (κ1) is 14.0. The lowest BCUT2D eigenvalue weighted by molar-refractivity contribution is 0.316. The van der Waals surface area contributed by atoms with Crippen molar-refractivity contribution in [1.29, 1.82) is 0 Å². The van der Waals surface area contributed by atoms with Gasteiger partial charge in [0, 0.05) is 18.3 Å². The maximum atomic E-state index is 3.75. The van der Waals surface area contributed by atoms with Gasteiger partial charge in [-0.2, -0.15) is 11.8 Å². The zero-order chi connectivity index (χ0) is 13.0. The summed E-state index contributed by atoms with van der Waals surface area (Å²) in [5.41, 5.74) is 1.93. The predicted molar refractivity (Wildman–Crippen MR) is 82.4 cm³/mol. The van der Waals surface area contributed by atoms with E-state index in [0.29, 0.717) is 17.4 Å². The molecule has 2 atom stereocenters. The maximum absolute atomic E-state index is 3.75. The molecule has 0 amide bonds. The van der Waals surface area contributed by atoms with Gasteiger partial charge in [0.05, 0.1) is 0 Å². The first-order chi connectivity index (χ1) is 8.57. The van der Waals surface area contributed by atoms with E-state index in [0.717, 1.165) is 6.54 Å². The summed E-state index contributed by atoms with van der Waals surface area (Å²) in [5, 5.41) is 3.75. The van der Waals surface area contributed by atoms with Crippen molar-refractivity contribution >= 4 is 11.8 Å². The number of rotatable bonds is 4. The molecule has 100 valence electrons. The normalized spacial score (nSPS) is 24.7. The molecular formula is C16H25NS. The molecule has 0 aromatic heterocycles. The van der Waals surface area contributed by atoms with E-state index >= 15 is 0 Å². The Labute approximate surface area is 116 Å². The molecular weight excluding hydrogens is 238 g/mol. The number of hydrogen-bond acceptors (Lipinski definition) is 2. The van der Waals surface area contributed by atoms with Gasteiger partial charge in [-0.3, -0.25) is 0 Å². The first-order valence-electron chi connectivity index (χ1n) is 6.93. The van der Waals surface area contributed by atoms with Crippen LogP contribution in [0.5, 0.6) is 0 Å². The van der Waals surface area contributed by atoms with Gasteiger partial charge in [0.1, 0.15) is 0 Å². The summed E-state index contributed by atoms with van der Waals surface area (Å²) in [6.07, 6.45) is 1.31. The molecule has 0 spiro atoms. The van der Waals surface area contributed by atoms with Crippen molar-refractivity contribution in [2.45, 2.75) is 39.2 Å². The third kappa shape index (κ3) is 4.03. The lowest BCUT2D eigenvalue weighted by Crippen LogP contribution is -2.41. The Morgan fingerprint density at radius 2 is 2.06 bits per heavy atom. The van der Waals surface area contributed by atoms with E-state index in [9.17, 15) is 0 Å². The highest BCUT2D eigenvalue weighted by Crippen LogP contribution is 2.33. The van der Waals surface area contributed by atoms with E-state index in [4.69, 9.17) is 0 Å². The van der Waals surface area contributed by atoms with Crippen molar-refractivity contribution in [3.63, 3.8) is 0 Å². The number of nitrogens with one attached hydrogen (secondary N) is 1. The minimum atomic E-state index is 0.497. The van der Waals surface area contributed by atoms with E-state index in [-0.39, 0.29) is 0 Å². The topological polar surface area (TPSA) is 12.0 Å². The fourth-order valence-electron chi connectivity index (χ4n) is 2.64. The highest BCUT2D eigenvalue weighted by Gasteiger charge is 2.28. The van der Waals surface area contributed by atoms with Crippen LogP contribution in [0.15, 0.2) is 30.3 Å². The van der Waals surface area contributed by atoms with Crippen LogP contribution in [-0.4, -0.2) is 24.1 Å². The summed E-state index contributed by atoms with van der Waals surface area (Å²) < 4.78 is 0. The Morgan fingerprint density at radius 1 is 1.33 bits per heavy atom. The van der Waals surface area contributed by atoms with Gasteiger partial charge in [0.15, 0.2) is 0 Å². The zero-order valence-electron chi connectivity index (χ0n) is 11.8. The number of benzene rings is 1. The molecule has 1 nitrogen and oxygen atoms in total. The molecule has 2 heteroatoms. The van der Waals surface area contributed by atoms with Crippen molar-refractivity contribution in [2.75, 3.05) is 18.1 Å². The molecule has 1 aliphatic rings. The van der Waals surface area contributed by atoms with Crippen LogP contribution < -0.4 is 5.32 Å². The summed E-state index contributed by atoms with van der Waals surface area (Å²) in [4.78, 5) is 0. The Bertz CT molecular complexity index is 361. The van der Waals surface area contributed by atoms with E-state index in [1.807, 2.05) is 0 Å². The highest BCUT2D eigenvalue weighted by atomic mass is 32.2. The minimum Gasteiger partial charge on any atom is -0.313 e. The predicted octanol–water partition coefficient (Wildman–Crippen LogP) is 3.91. The van der Waals surface area contributed by atoms with E-state index in [1.54, 1.807) is 0 Å². The molecule has 1 fully saturated rings. The molecule has 0 bridgehead atoms. The third-order valence-corrected chi connectivity index (χ3v) is 5.32. The second kappa shape index (κ2) is 6.12. The zero-order valence-corrected chi connectivity index (χ0v) is 12.6. The van der Waals surface area contributed by atoms with Gasteiger partial charge < -0.3 is 5.32 Å². The fraction of sp³-hybridized carbons (Fsp3) is 0.625. The van der Waals surface area contributed by atoms with Crippen molar-refractivity contribution in [3.05, 3.63) is 35.9 Å². The van der Waals surface area contributed by atoms with E-state index < -0.39 is 0 Å². The van der Waals surface area contributed by atoms with E-state index in [2.05, 4.69) is 68.2 Å². The van der Waals surface area contributed by atoms with Crippen LogP contribution in [0.2, 0.25) is 0 Å². The average Bonchev–Trinajstić information content (AvgIpc) is 2.36. The third-order valence-electron chi connectivity index (χ3n) is 3.69. The SMILES string of the molecule is CC(CNC1CSCC(C)(C)C1)c1ccccc1. The van der Waals surface area contributed by atoms with Crippen LogP contribution >= 0.6 is 11.8 Å². The Balaban J connectivity index is 1.81. The largest absolute Gasteiger partial charge is 0.313 e. The lowest BCUT2D eigenvalue weighted by Gasteiger charge is -2.35. The smallest absolute Gasteiger partial charge is 0.0163 e. The average molecular weight is 263 g/mol. The monoisotopic (exact) mass is 263 g/mol. The van der Waals surface area contributed by atoms with Crippen LogP contribution in [0.1, 0.15) is 38.7 Å². The first-order valence-corrected chi connectivity index (χ1v) is 8.08. The van der Waals surface area contributed by atoms with Gasteiger partial charge in [0.2, 0.25) is 0 Å². The van der Waals surface area contributed by atoms with Gasteiger partial charge in [-0.25, -0.2) is 0 Å². The molecule has 1 aromatic carbocycles. The molecule has 0 aliphatic carbocycles. The quantitative estimate of drug-likeness (QED) is 0.884. The fourth-order valence-corrected chi connectivity index (χ4v) is 3.94. The van der Waals surface area contributed by atoms with Crippen LogP contribution in [0, 0.1) is 5.41 Å². The van der Waals surface area contributed by atoms with Crippen LogP contribution in [0.3, 0.4) is 0 Å². The Hall–Kier alpha value is -0.470. The Kier molecular flexibility index (Phi) is 4.74. The van der Waals surface area contributed by atoms with Crippen LogP contribution in [0.25, 0.3) is 0 Å². The Morgan fingerprint density at radius 3 is 2.72 bits per heavy atom. The van der Waals surface area contributed by atoms with Gasteiger partial charge in [-0.05, 0) is 29.1 Å². The summed E-state index contributed by atoms with van der Waals surface area (Å²) in [6, 6.07) is 11.5. The maximum Gasteiger partial charge on any atom is 0.0163 e. The van der Waals surface area contributed by atoms with Crippen molar-refractivity contribution < 1.29 is 0 Å². The molecule has 1 heterocycles. The molecule has 1 aromatic rings. The molecule has 1 aliphatic heterocycles. The molecule has 18 heavy (non-hydrogen) atoms. The van der Waals surface area contributed by atoms with Gasteiger partial charge in [0.25, 0.3) is 0 Å². The molecule has 1 N–H and O–H groups in total. The summed E-state index contributed by atoms with van der Waals surface area (Å²) in [6.45, 7) is 8.16. The summed E-state index contributed by atoms with van der Waals surface area (Å²) in [5.74, 6) is 3.17. The van der Waals surface area contributed by atoms with Crippen LogP contribution in [-0.2, 0) is 0 Å². The number of hydrogen-bond donors (Lipinski definition) is 1. The molecule has 2 rings (SSSR count). The lowest BCUT2D eigenvalue weighted by atomic mass is 9.87. The standard InChI is InChI=1S/C16H25NS/c1-13(14-7-5-4-6-8-14)10-17-15-9-16(2,3)12-18-11-15/h4-8,13,15,17H,9-12H2,1-3H3. The second-order valence-electron chi connectivity index (χ2n) is 6.30. The molecule has 1 saturated heterocycles. The van der Waals surface area contributed by atoms with Gasteiger partial charge in [-0.15, -0.1) is 0 Å². The summed E-state index contributed by atoms with van der Waals surface area (Å²) in [7, 11) is 0. The second-order valence-corrected chi connectivity index (χ2v) is 7.33. The van der Waals surface area contributed by atoms with Crippen molar-refractivity contribution in [3.8, 4) is 0 Å². The van der Waals surface area contributed by atoms with Crippen molar-refractivity contribution in [1.82, 2.24) is 5.32 Å². The molecule has 0 saturated carbocycles. The van der Waals surface area contributed by atoms with Crippen LogP contribution in [0.4, 0.5) is 0 Å². The van der Waals surface area contributed by atoms with Crippen molar-refractivity contribution in [2.24, 2.45) is 5.41 Å². The molecule has 0 radical (unpaired) electrons.